The Bertz CT molecular complexity index is 1270. The van der Waals surface area contributed by atoms with Crippen molar-refractivity contribution in [3.63, 3.8) is 0 Å². The maximum atomic E-state index is 15.0. The van der Waals surface area contributed by atoms with Crippen molar-refractivity contribution in [2.24, 2.45) is 7.05 Å². The van der Waals surface area contributed by atoms with Crippen molar-refractivity contribution in [1.29, 1.82) is 5.26 Å². The Hall–Kier alpha value is -4.05. The Morgan fingerprint density at radius 2 is 1.72 bits per heavy atom. The summed E-state index contributed by atoms with van der Waals surface area (Å²) < 4.78 is 31.6. The molecule has 4 aromatic rings. The second-order valence-corrected chi connectivity index (χ2v) is 7.35. The first kappa shape index (κ1) is 21.2. The second-order valence-electron chi connectivity index (χ2n) is 7.35. The molecule has 1 aromatic heterocycles. The minimum absolute atomic E-state index is 0.0731. The molecule has 0 fully saturated rings. The summed E-state index contributed by atoms with van der Waals surface area (Å²) in [5, 5.41) is 13.5. The third kappa shape index (κ3) is 4.21. The number of hydrogen-bond acceptors (Lipinski definition) is 4. The lowest BCUT2D eigenvalue weighted by Gasteiger charge is -2.26. The van der Waals surface area contributed by atoms with Gasteiger partial charge in [-0.05, 0) is 36.2 Å². The number of hydrogen-bond donors (Lipinski definition) is 0. The zero-order valence-corrected chi connectivity index (χ0v) is 17.8. The van der Waals surface area contributed by atoms with Crippen molar-refractivity contribution in [2.75, 3.05) is 4.90 Å². The van der Waals surface area contributed by atoms with Crippen LogP contribution in [-0.2, 0) is 20.0 Å². The number of anilines is 2. The third-order valence-corrected chi connectivity index (χ3v) is 5.23. The molecule has 0 aliphatic rings. The van der Waals surface area contributed by atoms with Crippen LogP contribution in [0.25, 0.3) is 11.4 Å². The van der Waals surface area contributed by atoms with Crippen LogP contribution in [0.3, 0.4) is 0 Å². The van der Waals surface area contributed by atoms with Crippen LogP contribution in [0.4, 0.5) is 20.2 Å². The number of aromatic nitrogens is 3. The summed E-state index contributed by atoms with van der Waals surface area (Å²) in [6.07, 6.45) is 0.780. The van der Waals surface area contributed by atoms with Gasteiger partial charge in [0.2, 0.25) is 0 Å². The van der Waals surface area contributed by atoms with E-state index in [0.717, 1.165) is 29.7 Å². The fraction of sp³-hybridized carbons (Fsp3) is 0.160. The minimum Gasteiger partial charge on any atom is -0.329 e. The van der Waals surface area contributed by atoms with Crippen LogP contribution in [-0.4, -0.2) is 14.8 Å². The first-order chi connectivity index (χ1) is 15.5. The van der Waals surface area contributed by atoms with Crippen LogP contribution in [0.2, 0.25) is 0 Å². The molecule has 0 radical (unpaired) electrons. The maximum Gasteiger partial charge on any atom is 0.181 e. The molecule has 32 heavy (non-hydrogen) atoms. The Balaban J connectivity index is 1.81. The number of rotatable bonds is 6. The summed E-state index contributed by atoms with van der Waals surface area (Å²) in [6, 6.07) is 20.9. The second kappa shape index (κ2) is 8.98. The number of nitriles is 1. The average Bonchev–Trinajstić information content (AvgIpc) is 3.18. The molecule has 0 unspecified atom stereocenters. The van der Waals surface area contributed by atoms with E-state index in [9.17, 15) is 0 Å². The van der Waals surface area contributed by atoms with Crippen molar-refractivity contribution in [3.05, 3.63) is 95.3 Å². The van der Waals surface area contributed by atoms with E-state index in [4.69, 9.17) is 5.26 Å². The van der Waals surface area contributed by atoms with Gasteiger partial charge in [-0.25, -0.2) is 13.8 Å². The molecule has 0 N–H and O–H groups in total. The summed E-state index contributed by atoms with van der Waals surface area (Å²) >= 11 is 0. The van der Waals surface area contributed by atoms with Gasteiger partial charge in [0.05, 0.1) is 18.2 Å². The molecule has 160 valence electrons. The SMILES string of the molecule is CCc1cccc(N(Cc2nc(-c3ccccc3)nn2C)c2c(F)cc(C#N)cc2F)c1. The summed E-state index contributed by atoms with van der Waals surface area (Å²) in [5.41, 5.74) is 2.20. The van der Waals surface area contributed by atoms with E-state index in [1.165, 1.54) is 4.90 Å². The van der Waals surface area contributed by atoms with Gasteiger partial charge < -0.3 is 4.90 Å². The molecule has 0 spiro atoms. The minimum atomic E-state index is -0.811. The molecule has 5 nitrogen and oxygen atoms in total. The molecular formula is C25H21F2N5. The zero-order valence-electron chi connectivity index (χ0n) is 17.8. The van der Waals surface area contributed by atoms with E-state index in [-0.39, 0.29) is 17.8 Å². The van der Waals surface area contributed by atoms with E-state index >= 15 is 8.78 Å². The quantitative estimate of drug-likeness (QED) is 0.404. The topological polar surface area (TPSA) is 57.7 Å². The predicted molar refractivity (Wildman–Crippen MR) is 119 cm³/mol. The van der Waals surface area contributed by atoms with E-state index in [0.29, 0.717) is 17.3 Å². The van der Waals surface area contributed by atoms with Crippen molar-refractivity contribution < 1.29 is 8.78 Å². The van der Waals surface area contributed by atoms with E-state index in [1.807, 2.05) is 55.5 Å². The lowest BCUT2D eigenvalue weighted by atomic mass is 10.1. The Morgan fingerprint density at radius 3 is 2.38 bits per heavy atom. The molecule has 0 saturated carbocycles. The highest BCUT2D eigenvalue weighted by Gasteiger charge is 2.23. The molecule has 4 rings (SSSR count). The zero-order chi connectivity index (χ0) is 22.7. The van der Waals surface area contributed by atoms with Gasteiger partial charge in [-0.2, -0.15) is 10.4 Å². The Kier molecular flexibility index (Phi) is 5.95. The van der Waals surface area contributed by atoms with Crippen LogP contribution in [0.15, 0.2) is 66.7 Å². The van der Waals surface area contributed by atoms with Gasteiger partial charge in [-0.1, -0.05) is 49.4 Å². The maximum absolute atomic E-state index is 15.0. The molecule has 0 atom stereocenters. The van der Waals surface area contributed by atoms with E-state index in [1.54, 1.807) is 23.9 Å². The highest BCUT2D eigenvalue weighted by Crippen LogP contribution is 2.33. The monoisotopic (exact) mass is 429 g/mol. The first-order valence-electron chi connectivity index (χ1n) is 10.2. The van der Waals surface area contributed by atoms with Crippen LogP contribution >= 0.6 is 0 Å². The molecule has 3 aromatic carbocycles. The Labute approximate surface area is 185 Å². The van der Waals surface area contributed by atoms with Gasteiger partial charge >= 0.3 is 0 Å². The lowest BCUT2D eigenvalue weighted by molar-refractivity contribution is 0.575. The van der Waals surface area contributed by atoms with Crippen LogP contribution < -0.4 is 4.90 Å². The first-order valence-corrected chi connectivity index (χ1v) is 10.2. The molecule has 0 bridgehead atoms. The number of aryl methyl sites for hydroxylation is 2. The highest BCUT2D eigenvalue weighted by atomic mass is 19.1. The van der Waals surface area contributed by atoms with Gasteiger partial charge in [0.15, 0.2) is 17.5 Å². The largest absolute Gasteiger partial charge is 0.329 e. The van der Waals surface area contributed by atoms with Gasteiger partial charge in [0, 0.05) is 18.3 Å². The molecule has 7 heteroatoms. The third-order valence-electron chi connectivity index (χ3n) is 5.23. The van der Waals surface area contributed by atoms with Crippen LogP contribution in [0, 0.1) is 23.0 Å². The number of nitrogens with zero attached hydrogens (tertiary/aromatic N) is 5. The van der Waals surface area contributed by atoms with Gasteiger partial charge in [0.25, 0.3) is 0 Å². The normalized spacial score (nSPS) is 10.7. The highest BCUT2D eigenvalue weighted by molar-refractivity contribution is 5.66. The predicted octanol–water partition coefficient (Wildman–Crippen LogP) is 5.53. The Morgan fingerprint density at radius 1 is 1.00 bits per heavy atom. The molecule has 1 heterocycles. The summed E-state index contributed by atoms with van der Waals surface area (Å²) in [4.78, 5) is 6.15. The molecule has 0 amide bonds. The number of benzene rings is 3. The van der Waals surface area contributed by atoms with Gasteiger partial charge in [-0.3, -0.25) is 4.68 Å². The van der Waals surface area contributed by atoms with E-state index < -0.39 is 11.6 Å². The molecule has 0 aliphatic heterocycles. The average molecular weight is 429 g/mol. The summed E-state index contributed by atoms with van der Waals surface area (Å²) in [6.45, 7) is 2.10. The van der Waals surface area contributed by atoms with Crippen molar-refractivity contribution >= 4 is 11.4 Å². The summed E-state index contributed by atoms with van der Waals surface area (Å²) in [5.74, 6) is -0.553. The van der Waals surface area contributed by atoms with Gasteiger partial charge in [-0.15, -0.1) is 0 Å². The standard InChI is InChI=1S/C25H21F2N5/c1-3-17-8-7-11-20(12-17)32(24-21(26)13-18(15-28)14-22(24)27)16-23-29-25(30-31(23)2)19-9-5-4-6-10-19/h4-14H,3,16H2,1-2H3. The van der Waals surface area contributed by atoms with Crippen molar-refractivity contribution in [2.45, 2.75) is 19.9 Å². The van der Waals surface area contributed by atoms with Gasteiger partial charge in [0.1, 0.15) is 11.5 Å². The van der Waals surface area contributed by atoms with E-state index in [2.05, 4.69) is 10.1 Å². The molecule has 0 saturated heterocycles. The molecule has 0 aliphatic carbocycles. The van der Waals surface area contributed by atoms with Crippen molar-refractivity contribution in [3.8, 4) is 17.5 Å². The molecular weight excluding hydrogens is 408 g/mol. The number of halogens is 2. The fourth-order valence-corrected chi connectivity index (χ4v) is 3.54. The fourth-order valence-electron chi connectivity index (χ4n) is 3.54. The lowest BCUT2D eigenvalue weighted by Crippen LogP contribution is -2.22. The van der Waals surface area contributed by atoms with Crippen molar-refractivity contribution in [1.82, 2.24) is 14.8 Å². The smallest absolute Gasteiger partial charge is 0.181 e. The van der Waals surface area contributed by atoms with Crippen LogP contribution in [0.1, 0.15) is 23.9 Å². The van der Waals surface area contributed by atoms with Crippen LogP contribution in [0.5, 0.6) is 0 Å². The summed E-state index contributed by atoms with van der Waals surface area (Å²) in [7, 11) is 1.75.